The summed E-state index contributed by atoms with van der Waals surface area (Å²) in [6.45, 7) is 4.77. The lowest BCUT2D eigenvalue weighted by Crippen LogP contribution is -2.21. The van der Waals surface area contributed by atoms with Crippen molar-refractivity contribution in [1.82, 2.24) is 10.5 Å². The summed E-state index contributed by atoms with van der Waals surface area (Å²) >= 11 is 0. The van der Waals surface area contributed by atoms with Crippen LogP contribution in [0.15, 0.2) is 27.9 Å². The van der Waals surface area contributed by atoms with Crippen molar-refractivity contribution in [3.05, 3.63) is 24.1 Å². The second kappa shape index (κ2) is 8.70. The topological polar surface area (TPSA) is 140 Å². The first kappa shape index (κ1) is 19.0. The molecule has 0 atom stereocenters. The molecule has 10 heteroatoms. The molecular formula is C16H18N4O6. The highest BCUT2D eigenvalue weighted by Gasteiger charge is 2.23. The van der Waals surface area contributed by atoms with E-state index in [9.17, 15) is 19.2 Å². The number of aromatic nitrogens is 1. The summed E-state index contributed by atoms with van der Waals surface area (Å²) in [5, 5.41) is 8.32. The van der Waals surface area contributed by atoms with Crippen LogP contribution in [0.5, 0.6) is 0 Å². The average Bonchev–Trinajstić information content (AvgIpc) is 3.14. The van der Waals surface area contributed by atoms with Gasteiger partial charge in [-0.05, 0) is 19.8 Å². The number of carbonyl (C=O) groups is 4. The predicted molar refractivity (Wildman–Crippen MR) is 89.4 cm³/mol. The maximum atomic E-state index is 11.9. The largest absolute Gasteiger partial charge is 0.456 e. The van der Waals surface area contributed by atoms with E-state index >= 15 is 0 Å². The Bertz CT molecular complexity index is 779. The SMILES string of the molecule is C=C1NC(=O)N=C1C(=O)CCCCC(=O)OCC(=O)Nc1cc(C)on1. The molecule has 1 aromatic rings. The number of esters is 1. The van der Waals surface area contributed by atoms with Gasteiger partial charge < -0.3 is 19.9 Å². The second-order valence-corrected chi connectivity index (χ2v) is 5.53. The fraction of sp³-hybridized carbons (Fsp3) is 0.375. The molecule has 0 saturated heterocycles. The summed E-state index contributed by atoms with van der Waals surface area (Å²) in [6.07, 6.45) is 1.01. The quantitative estimate of drug-likeness (QED) is 0.498. The highest BCUT2D eigenvalue weighted by molar-refractivity contribution is 6.49. The highest BCUT2D eigenvalue weighted by Crippen LogP contribution is 2.09. The lowest BCUT2D eigenvalue weighted by molar-refractivity contribution is -0.147. The van der Waals surface area contributed by atoms with Crippen molar-refractivity contribution in [3.63, 3.8) is 0 Å². The minimum absolute atomic E-state index is 0.0253. The van der Waals surface area contributed by atoms with Crippen molar-refractivity contribution >= 4 is 35.2 Å². The molecule has 1 aliphatic rings. The number of carbonyl (C=O) groups excluding carboxylic acids is 4. The fourth-order valence-electron chi connectivity index (χ4n) is 2.11. The van der Waals surface area contributed by atoms with E-state index < -0.39 is 24.5 Å². The molecule has 0 spiro atoms. The van der Waals surface area contributed by atoms with Crippen LogP contribution in [0.4, 0.5) is 10.6 Å². The Labute approximate surface area is 148 Å². The van der Waals surface area contributed by atoms with Crippen LogP contribution in [0.1, 0.15) is 31.4 Å². The van der Waals surface area contributed by atoms with Crippen LogP contribution in [0, 0.1) is 6.92 Å². The molecule has 0 saturated carbocycles. The van der Waals surface area contributed by atoms with E-state index in [1.807, 2.05) is 0 Å². The summed E-state index contributed by atoms with van der Waals surface area (Å²) in [5.41, 5.74) is 0.213. The van der Waals surface area contributed by atoms with Gasteiger partial charge >= 0.3 is 12.0 Å². The number of Topliss-reactive ketones (excluding diaryl/α,β-unsaturated/α-hetero) is 1. The maximum Gasteiger partial charge on any atom is 0.346 e. The van der Waals surface area contributed by atoms with Crippen molar-refractivity contribution in [1.29, 1.82) is 0 Å². The van der Waals surface area contributed by atoms with Gasteiger partial charge in [0.25, 0.3) is 5.91 Å². The number of aryl methyl sites for hydroxylation is 1. The zero-order chi connectivity index (χ0) is 19.1. The number of urea groups is 1. The summed E-state index contributed by atoms with van der Waals surface area (Å²) in [4.78, 5) is 49.6. The minimum Gasteiger partial charge on any atom is -0.456 e. The predicted octanol–water partition coefficient (Wildman–Crippen LogP) is 1.27. The standard InChI is InChI=1S/C16H18N4O6/c1-9-7-12(20-26-9)18-13(22)8-25-14(23)6-4-3-5-11(21)15-10(2)17-16(24)19-15/h7H,2-6,8H2,1H3,(H,17,24)(H,18,20,22). The summed E-state index contributed by atoms with van der Waals surface area (Å²) < 4.78 is 9.62. The zero-order valence-electron chi connectivity index (χ0n) is 14.2. The third kappa shape index (κ3) is 5.65. The Balaban J connectivity index is 1.59. The maximum absolute atomic E-state index is 11.9. The molecule has 0 fully saturated rings. The van der Waals surface area contributed by atoms with Gasteiger partial charge in [0.15, 0.2) is 18.2 Å². The van der Waals surface area contributed by atoms with Gasteiger partial charge in [-0.1, -0.05) is 11.7 Å². The molecular weight excluding hydrogens is 344 g/mol. The molecule has 0 unspecified atom stereocenters. The van der Waals surface area contributed by atoms with Crippen molar-refractivity contribution in [2.24, 2.45) is 4.99 Å². The van der Waals surface area contributed by atoms with E-state index in [0.717, 1.165) is 0 Å². The highest BCUT2D eigenvalue weighted by atomic mass is 16.5. The number of allylic oxidation sites excluding steroid dienone is 1. The van der Waals surface area contributed by atoms with Gasteiger partial charge in [0.2, 0.25) is 0 Å². The minimum atomic E-state index is -0.610. The molecule has 0 radical (unpaired) electrons. The lowest BCUT2D eigenvalue weighted by atomic mass is 10.1. The molecule has 1 aromatic heterocycles. The number of hydrogen-bond acceptors (Lipinski definition) is 7. The number of aliphatic imine (C=N–C) groups is 1. The molecule has 3 amide bonds. The Hall–Kier alpha value is -3.30. The van der Waals surface area contributed by atoms with E-state index in [0.29, 0.717) is 18.6 Å². The molecule has 2 N–H and O–H groups in total. The van der Waals surface area contributed by atoms with Crippen molar-refractivity contribution in [2.75, 3.05) is 11.9 Å². The summed E-state index contributed by atoms with van der Waals surface area (Å²) in [6, 6.07) is 0.921. The van der Waals surface area contributed by atoms with E-state index in [1.165, 1.54) is 6.07 Å². The van der Waals surface area contributed by atoms with E-state index in [2.05, 4.69) is 27.4 Å². The van der Waals surface area contributed by atoms with Gasteiger partial charge in [-0.25, -0.2) is 4.79 Å². The molecule has 138 valence electrons. The molecule has 2 rings (SSSR count). The number of hydrogen-bond donors (Lipinski definition) is 2. The monoisotopic (exact) mass is 362 g/mol. The first-order valence-corrected chi connectivity index (χ1v) is 7.86. The molecule has 0 aromatic carbocycles. The number of amides is 3. The normalized spacial score (nSPS) is 13.2. The van der Waals surface area contributed by atoms with Gasteiger partial charge in [0.1, 0.15) is 11.5 Å². The second-order valence-electron chi connectivity index (χ2n) is 5.53. The number of nitrogens with one attached hydrogen (secondary N) is 2. The van der Waals surface area contributed by atoms with Crippen LogP contribution >= 0.6 is 0 Å². The lowest BCUT2D eigenvalue weighted by Gasteiger charge is -2.04. The molecule has 0 bridgehead atoms. The van der Waals surface area contributed by atoms with Gasteiger partial charge in [0.05, 0.1) is 5.70 Å². The number of anilines is 1. The third-order valence-electron chi connectivity index (χ3n) is 3.32. The van der Waals surface area contributed by atoms with Gasteiger partial charge in [-0.3, -0.25) is 14.4 Å². The number of unbranched alkanes of at least 4 members (excludes halogenated alkanes) is 1. The number of rotatable bonds is 9. The van der Waals surface area contributed by atoms with Crippen LogP contribution in [0.3, 0.4) is 0 Å². The van der Waals surface area contributed by atoms with Crippen LogP contribution in [0.2, 0.25) is 0 Å². The fourth-order valence-corrected chi connectivity index (χ4v) is 2.11. The van der Waals surface area contributed by atoms with E-state index in [-0.39, 0.29) is 35.9 Å². The number of ether oxygens (including phenoxy) is 1. The van der Waals surface area contributed by atoms with Gasteiger partial charge in [-0.15, -0.1) is 0 Å². The van der Waals surface area contributed by atoms with Crippen molar-refractivity contribution in [2.45, 2.75) is 32.6 Å². The zero-order valence-corrected chi connectivity index (χ0v) is 14.2. The summed E-state index contributed by atoms with van der Waals surface area (Å²) in [5.74, 6) is -0.616. The van der Waals surface area contributed by atoms with E-state index in [1.54, 1.807) is 6.92 Å². The molecule has 1 aliphatic heterocycles. The smallest absolute Gasteiger partial charge is 0.346 e. The molecule has 0 aliphatic carbocycles. The Morgan fingerprint density at radius 1 is 1.31 bits per heavy atom. The first-order chi connectivity index (χ1) is 12.3. The Kier molecular flexibility index (Phi) is 6.36. The number of nitrogens with zero attached hydrogens (tertiary/aromatic N) is 2. The van der Waals surface area contributed by atoms with Gasteiger partial charge in [0, 0.05) is 18.9 Å². The molecule has 2 heterocycles. The molecule has 10 nitrogen and oxygen atoms in total. The Morgan fingerprint density at radius 2 is 2.04 bits per heavy atom. The van der Waals surface area contributed by atoms with Crippen molar-refractivity contribution in [3.8, 4) is 0 Å². The van der Waals surface area contributed by atoms with Gasteiger partial charge in [-0.2, -0.15) is 4.99 Å². The summed E-state index contributed by atoms with van der Waals surface area (Å²) in [7, 11) is 0. The van der Waals surface area contributed by atoms with Crippen LogP contribution in [0.25, 0.3) is 0 Å². The third-order valence-corrected chi connectivity index (χ3v) is 3.32. The van der Waals surface area contributed by atoms with E-state index in [4.69, 9.17) is 9.26 Å². The average molecular weight is 362 g/mol. The van der Waals surface area contributed by atoms with Crippen LogP contribution in [-0.4, -0.2) is 41.2 Å². The van der Waals surface area contributed by atoms with Crippen LogP contribution in [-0.2, 0) is 19.1 Å². The first-order valence-electron chi connectivity index (χ1n) is 7.86. The number of ketones is 1. The molecule has 26 heavy (non-hydrogen) atoms. The van der Waals surface area contributed by atoms with Crippen LogP contribution < -0.4 is 10.6 Å². The van der Waals surface area contributed by atoms with Crippen molar-refractivity contribution < 1.29 is 28.4 Å². The Morgan fingerprint density at radius 3 is 2.65 bits per heavy atom.